The number of amides is 2. The van der Waals surface area contributed by atoms with Gasteiger partial charge in [0.1, 0.15) is 5.65 Å². The molecule has 30 heavy (non-hydrogen) atoms. The van der Waals surface area contributed by atoms with Gasteiger partial charge in [0.25, 0.3) is 11.8 Å². The van der Waals surface area contributed by atoms with Crippen molar-refractivity contribution in [3.63, 3.8) is 0 Å². The van der Waals surface area contributed by atoms with Crippen LogP contribution in [-0.2, 0) is 5.54 Å². The number of aromatic nitrogens is 3. The number of nitrogens with zero attached hydrogens (tertiary/aromatic N) is 3. The molecule has 7 heteroatoms. The smallest absolute Gasteiger partial charge is 0.258 e. The molecule has 0 radical (unpaired) electrons. The Hall–Kier alpha value is -3.22. The molecule has 2 amide bonds. The van der Waals surface area contributed by atoms with Crippen molar-refractivity contribution in [2.75, 3.05) is 11.9 Å². The minimum absolute atomic E-state index is 0.156. The van der Waals surface area contributed by atoms with Crippen LogP contribution in [-0.4, -0.2) is 32.9 Å². The van der Waals surface area contributed by atoms with E-state index in [0.29, 0.717) is 34.6 Å². The van der Waals surface area contributed by atoms with Gasteiger partial charge in [0, 0.05) is 30.0 Å². The van der Waals surface area contributed by atoms with Crippen molar-refractivity contribution < 1.29 is 9.59 Å². The lowest BCUT2D eigenvalue weighted by molar-refractivity contribution is 0.0949. The van der Waals surface area contributed by atoms with Crippen LogP contribution in [0.5, 0.6) is 0 Å². The number of fused-ring (bicyclic) bond motifs is 1. The molecule has 7 nitrogen and oxygen atoms in total. The lowest BCUT2D eigenvalue weighted by Crippen LogP contribution is -2.27. The summed E-state index contributed by atoms with van der Waals surface area (Å²) in [4.78, 5) is 34.1. The molecule has 1 aromatic carbocycles. The molecule has 0 aliphatic heterocycles. The SMILES string of the molecule is Cc1ccc(C(=O)Nc2ncc3c(C(=O)NCC(C)C)cn(C(C)(C)C)c3n2)cc1. The number of carbonyl (C=O) groups is 2. The predicted molar refractivity (Wildman–Crippen MR) is 119 cm³/mol. The van der Waals surface area contributed by atoms with Gasteiger partial charge in [-0.25, -0.2) is 4.98 Å². The average Bonchev–Trinajstić information content (AvgIpc) is 3.06. The monoisotopic (exact) mass is 407 g/mol. The molecule has 0 fully saturated rings. The Morgan fingerprint density at radius 1 is 1.10 bits per heavy atom. The fourth-order valence-corrected chi connectivity index (χ4v) is 3.03. The molecule has 0 aliphatic carbocycles. The zero-order chi connectivity index (χ0) is 22.1. The fourth-order valence-electron chi connectivity index (χ4n) is 3.03. The molecule has 2 N–H and O–H groups in total. The summed E-state index contributed by atoms with van der Waals surface area (Å²) in [6.45, 7) is 12.8. The first-order valence-corrected chi connectivity index (χ1v) is 10.1. The second kappa shape index (κ2) is 8.26. The molecule has 0 unspecified atom stereocenters. The summed E-state index contributed by atoms with van der Waals surface area (Å²) >= 11 is 0. The number of rotatable bonds is 5. The van der Waals surface area contributed by atoms with E-state index in [1.54, 1.807) is 24.5 Å². The van der Waals surface area contributed by atoms with Gasteiger partial charge in [-0.1, -0.05) is 31.5 Å². The molecule has 3 aromatic rings. The summed E-state index contributed by atoms with van der Waals surface area (Å²) < 4.78 is 1.94. The number of hydrogen-bond donors (Lipinski definition) is 2. The summed E-state index contributed by atoms with van der Waals surface area (Å²) in [5, 5.41) is 6.35. The van der Waals surface area contributed by atoms with Crippen molar-refractivity contribution in [3.05, 3.63) is 53.3 Å². The first kappa shape index (κ1) is 21.5. The number of carbonyl (C=O) groups excluding carboxylic acids is 2. The molecular formula is C23H29N5O2. The largest absolute Gasteiger partial charge is 0.352 e. The van der Waals surface area contributed by atoms with Gasteiger partial charge in [0.15, 0.2) is 0 Å². The van der Waals surface area contributed by atoms with Crippen LogP contribution < -0.4 is 10.6 Å². The fraction of sp³-hybridized carbons (Fsp3) is 0.391. The summed E-state index contributed by atoms with van der Waals surface area (Å²) in [7, 11) is 0. The van der Waals surface area contributed by atoms with E-state index < -0.39 is 0 Å². The van der Waals surface area contributed by atoms with Crippen molar-refractivity contribution >= 4 is 28.8 Å². The van der Waals surface area contributed by atoms with Gasteiger partial charge in [0.05, 0.1) is 10.9 Å². The number of hydrogen-bond acceptors (Lipinski definition) is 4. The van der Waals surface area contributed by atoms with Crippen LogP contribution in [0.1, 0.15) is 60.9 Å². The highest BCUT2D eigenvalue weighted by Gasteiger charge is 2.23. The maximum Gasteiger partial charge on any atom is 0.258 e. The predicted octanol–water partition coefficient (Wildman–Crippen LogP) is 4.13. The second-order valence-electron chi connectivity index (χ2n) is 8.94. The van der Waals surface area contributed by atoms with E-state index in [0.717, 1.165) is 5.56 Å². The lowest BCUT2D eigenvalue weighted by atomic mass is 10.1. The Labute approximate surface area is 176 Å². The van der Waals surface area contributed by atoms with Crippen LogP contribution in [0, 0.1) is 12.8 Å². The topological polar surface area (TPSA) is 88.9 Å². The summed E-state index contributed by atoms with van der Waals surface area (Å²) in [5.41, 5.74) is 2.43. The van der Waals surface area contributed by atoms with Crippen LogP contribution in [0.2, 0.25) is 0 Å². The Balaban J connectivity index is 1.96. The molecule has 3 rings (SSSR count). The van der Waals surface area contributed by atoms with Crippen molar-refractivity contribution in [2.24, 2.45) is 5.92 Å². The summed E-state index contributed by atoms with van der Waals surface area (Å²) in [6, 6.07) is 7.29. The lowest BCUT2D eigenvalue weighted by Gasteiger charge is -2.22. The third-order valence-electron chi connectivity index (χ3n) is 4.72. The van der Waals surface area contributed by atoms with E-state index in [1.165, 1.54) is 0 Å². The Kier molecular flexibility index (Phi) is 5.92. The molecule has 0 saturated carbocycles. The van der Waals surface area contributed by atoms with Crippen LogP contribution in [0.3, 0.4) is 0 Å². The van der Waals surface area contributed by atoms with E-state index >= 15 is 0 Å². The standard InChI is InChI=1S/C23H29N5O2/c1-14(2)11-24-21(30)18-13-28(23(4,5)6)19-17(18)12-25-22(26-19)27-20(29)16-9-7-15(3)8-10-16/h7-10,12-14H,11H2,1-6H3,(H,24,30)(H,25,26,27,29). The summed E-state index contributed by atoms with van der Waals surface area (Å²) in [6.07, 6.45) is 3.40. The highest BCUT2D eigenvalue weighted by molar-refractivity contribution is 6.07. The van der Waals surface area contributed by atoms with Crippen molar-refractivity contribution in [1.82, 2.24) is 19.9 Å². The van der Waals surface area contributed by atoms with Crippen molar-refractivity contribution in [3.8, 4) is 0 Å². The first-order valence-electron chi connectivity index (χ1n) is 10.1. The Bertz CT molecular complexity index is 1080. The van der Waals surface area contributed by atoms with Gasteiger partial charge >= 0.3 is 0 Å². The Morgan fingerprint density at radius 3 is 2.37 bits per heavy atom. The van der Waals surface area contributed by atoms with E-state index in [4.69, 9.17) is 0 Å². The molecule has 2 heterocycles. The molecule has 0 saturated heterocycles. The van der Waals surface area contributed by atoms with Gasteiger partial charge in [-0.3, -0.25) is 14.9 Å². The average molecular weight is 408 g/mol. The zero-order valence-electron chi connectivity index (χ0n) is 18.4. The van der Waals surface area contributed by atoms with Gasteiger partial charge in [-0.15, -0.1) is 0 Å². The van der Waals surface area contributed by atoms with Crippen LogP contribution in [0.25, 0.3) is 11.0 Å². The van der Waals surface area contributed by atoms with Gasteiger partial charge in [0.2, 0.25) is 5.95 Å². The Morgan fingerprint density at radius 2 is 1.77 bits per heavy atom. The van der Waals surface area contributed by atoms with E-state index in [1.807, 2.05) is 58.2 Å². The van der Waals surface area contributed by atoms with Crippen molar-refractivity contribution in [2.45, 2.75) is 47.1 Å². The van der Waals surface area contributed by atoms with Gasteiger partial charge in [-0.2, -0.15) is 4.98 Å². The number of anilines is 1. The number of benzene rings is 1. The maximum atomic E-state index is 12.7. The maximum absolute atomic E-state index is 12.7. The highest BCUT2D eigenvalue weighted by Crippen LogP contribution is 2.27. The molecule has 0 atom stereocenters. The molecule has 0 spiro atoms. The summed E-state index contributed by atoms with van der Waals surface area (Å²) in [5.74, 6) is 0.116. The first-order chi connectivity index (χ1) is 14.1. The minimum atomic E-state index is -0.304. The normalized spacial score (nSPS) is 11.7. The molecular weight excluding hydrogens is 378 g/mol. The van der Waals surface area contributed by atoms with Crippen LogP contribution in [0.4, 0.5) is 5.95 Å². The van der Waals surface area contributed by atoms with Gasteiger partial charge in [-0.05, 0) is 45.7 Å². The third-order valence-corrected chi connectivity index (χ3v) is 4.72. The third kappa shape index (κ3) is 4.67. The minimum Gasteiger partial charge on any atom is -0.352 e. The molecule has 2 aromatic heterocycles. The van der Waals surface area contributed by atoms with Gasteiger partial charge < -0.3 is 9.88 Å². The molecule has 0 aliphatic rings. The van der Waals surface area contributed by atoms with Crippen LogP contribution in [0.15, 0.2) is 36.7 Å². The molecule has 0 bridgehead atoms. The quantitative estimate of drug-likeness (QED) is 0.665. The van der Waals surface area contributed by atoms with Crippen LogP contribution >= 0.6 is 0 Å². The van der Waals surface area contributed by atoms with E-state index in [2.05, 4.69) is 20.6 Å². The second-order valence-corrected chi connectivity index (χ2v) is 8.94. The zero-order valence-corrected chi connectivity index (χ0v) is 18.4. The number of aryl methyl sites for hydroxylation is 1. The van der Waals surface area contributed by atoms with E-state index in [-0.39, 0.29) is 23.3 Å². The van der Waals surface area contributed by atoms with Crippen molar-refractivity contribution in [1.29, 1.82) is 0 Å². The highest BCUT2D eigenvalue weighted by atomic mass is 16.2. The van der Waals surface area contributed by atoms with E-state index in [9.17, 15) is 9.59 Å². The molecule has 158 valence electrons. The number of nitrogens with one attached hydrogen (secondary N) is 2.